The fourth-order valence-corrected chi connectivity index (χ4v) is 3.21. The molecule has 0 aliphatic carbocycles. The van der Waals surface area contributed by atoms with Crippen LogP contribution in [0.1, 0.15) is 45.7 Å². The lowest BCUT2D eigenvalue weighted by Gasteiger charge is -2.22. The average molecular weight is 294 g/mol. The molecule has 0 saturated heterocycles. The Morgan fingerprint density at radius 1 is 1.20 bits per heavy atom. The third-order valence-corrected chi connectivity index (χ3v) is 4.10. The molecule has 20 heavy (non-hydrogen) atoms. The molecule has 0 radical (unpaired) electrons. The molecule has 0 unspecified atom stereocenters. The molecule has 0 amide bonds. The minimum atomic E-state index is 0.894. The van der Waals surface area contributed by atoms with Gasteiger partial charge in [-0.25, -0.2) is 4.98 Å². The molecule has 2 aromatic rings. The van der Waals surface area contributed by atoms with Gasteiger partial charge >= 0.3 is 0 Å². The number of hydrogen-bond donors (Lipinski definition) is 1. The van der Waals surface area contributed by atoms with Crippen molar-refractivity contribution in [2.45, 2.75) is 46.6 Å². The quantitative estimate of drug-likeness (QED) is 0.718. The van der Waals surface area contributed by atoms with Crippen molar-refractivity contribution in [3.63, 3.8) is 0 Å². The van der Waals surface area contributed by atoms with Gasteiger partial charge in [0, 0.05) is 31.2 Å². The van der Waals surface area contributed by atoms with Gasteiger partial charge in [0.05, 0.1) is 5.69 Å². The highest BCUT2D eigenvalue weighted by atomic mass is 32.1. The van der Waals surface area contributed by atoms with Gasteiger partial charge in [-0.05, 0) is 25.8 Å². The molecule has 2 aromatic heterocycles. The van der Waals surface area contributed by atoms with Crippen LogP contribution in [0.5, 0.6) is 0 Å². The third-order valence-electron chi connectivity index (χ3n) is 3.35. The Bertz CT molecular complexity index is 511. The highest BCUT2D eigenvalue weighted by Crippen LogP contribution is 2.25. The van der Waals surface area contributed by atoms with Crippen LogP contribution in [-0.4, -0.2) is 29.0 Å². The molecule has 0 bridgehead atoms. The second-order valence-electron chi connectivity index (χ2n) is 5.10. The van der Waals surface area contributed by atoms with Gasteiger partial charge in [-0.2, -0.15) is 0 Å². The number of nitrogens with one attached hydrogen (secondary N) is 1. The zero-order valence-electron chi connectivity index (χ0n) is 12.9. The molecule has 0 aliphatic rings. The van der Waals surface area contributed by atoms with Crippen LogP contribution < -0.4 is 10.2 Å². The zero-order chi connectivity index (χ0) is 14.4. The smallest absolute Gasteiger partial charge is 0.195 e. The lowest BCUT2D eigenvalue weighted by molar-refractivity contribution is 0.654. The van der Waals surface area contributed by atoms with Gasteiger partial charge in [0.25, 0.3) is 0 Å². The van der Waals surface area contributed by atoms with Crippen molar-refractivity contribution in [1.29, 1.82) is 0 Å². The number of thiazole rings is 1. The Morgan fingerprint density at radius 2 is 1.95 bits per heavy atom. The highest BCUT2D eigenvalue weighted by molar-refractivity contribution is 7.15. The van der Waals surface area contributed by atoms with Crippen LogP contribution in [0.15, 0.2) is 11.6 Å². The Labute approximate surface area is 125 Å². The summed E-state index contributed by atoms with van der Waals surface area (Å²) in [6.45, 7) is 10.8. The monoisotopic (exact) mass is 294 g/mol. The van der Waals surface area contributed by atoms with E-state index in [4.69, 9.17) is 4.98 Å². The second-order valence-corrected chi connectivity index (χ2v) is 5.97. The first kappa shape index (κ1) is 15.3. The topological polar surface area (TPSA) is 32.6 Å². The van der Waals surface area contributed by atoms with Gasteiger partial charge in [0.1, 0.15) is 0 Å². The van der Waals surface area contributed by atoms with E-state index < -0.39 is 0 Å². The number of nitrogens with zero attached hydrogens (tertiary/aromatic N) is 3. The molecule has 0 saturated carbocycles. The van der Waals surface area contributed by atoms with Crippen LogP contribution in [0, 0.1) is 0 Å². The highest BCUT2D eigenvalue weighted by Gasteiger charge is 2.17. The van der Waals surface area contributed by atoms with Crippen LogP contribution in [0.2, 0.25) is 0 Å². The number of fused-ring (bicyclic) bond motifs is 1. The summed E-state index contributed by atoms with van der Waals surface area (Å²) in [5, 5.41) is 5.63. The normalized spacial score (nSPS) is 11.3. The predicted molar refractivity (Wildman–Crippen MR) is 87.9 cm³/mol. The van der Waals surface area contributed by atoms with E-state index >= 15 is 0 Å². The van der Waals surface area contributed by atoms with Crippen LogP contribution in [0.3, 0.4) is 0 Å². The summed E-state index contributed by atoms with van der Waals surface area (Å²) >= 11 is 1.71. The molecule has 2 heterocycles. The maximum absolute atomic E-state index is 4.86. The predicted octanol–water partition coefficient (Wildman–Crippen LogP) is 3.52. The summed E-state index contributed by atoms with van der Waals surface area (Å²) in [4.78, 5) is 8.39. The van der Waals surface area contributed by atoms with Crippen molar-refractivity contribution in [3.05, 3.63) is 17.3 Å². The Hall–Kier alpha value is -1.07. The number of anilines is 1. The van der Waals surface area contributed by atoms with Crippen LogP contribution in [0.25, 0.3) is 4.96 Å². The van der Waals surface area contributed by atoms with E-state index in [1.807, 2.05) is 0 Å². The Kier molecular flexibility index (Phi) is 5.86. The van der Waals surface area contributed by atoms with Crippen molar-refractivity contribution in [3.8, 4) is 0 Å². The minimum Gasteiger partial charge on any atom is -0.355 e. The van der Waals surface area contributed by atoms with Gasteiger partial charge in [0.2, 0.25) is 0 Å². The summed E-state index contributed by atoms with van der Waals surface area (Å²) in [6.07, 6.45) is 5.62. The zero-order valence-corrected chi connectivity index (χ0v) is 13.7. The van der Waals surface area contributed by atoms with E-state index in [-0.39, 0.29) is 0 Å². The van der Waals surface area contributed by atoms with E-state index in [0.29, 0.717) is 0 Å². The first-order valence-electron chi connectivity index (χ1n) is 7.71. The third kappa shape index (κ3) is 3.33. The second kappa shape index (κ2) is 7.64. The molecular formula is C15H26N4S. The van der Waals surface area contributed by atoms with Crippen molar-refractivity contribution in [1.82, 2.24) is 14.7 Å². The van der Waals surface area contributed by atoms with Crippen LogP contribution >= 0.6 is 11.3 Å². The average Bonchev–Trinajstić information content (AvgIpc) is 3.01. The summed E-state index contributed by atoms with van der Waals surface area (Å²) < 4.78 is 2.24. The minimum absolute atomic E-state index is 0.894. The van der Waals surface area contributed by atoms with Gasteiger partial charge in [-0.15, -0.1) is 11.3 Å². The van der Waals surface area contributed by atoms with Gasteiger partial charge in [-0.1, -0.05) is 20.8 Å². The lowest BCUT2D eigenvalue weighted by atomic mass is 10.3. The van der Waals surface area contributed by atoms with Crippen LogP contribution in [-0.2, 0) is 6.54 Å². The summed E-state index contributed by atoms with van der Waals surface area (Å²) in [7, 11) is 0. The first-order chi connectivity index (χ1) is 9.81. The SMILES string of the molecule is CCCNCc1c(N(CCC)CCC)nc2sccn12. The van der Waals surface area contributed by atoms with Gasteiger partial charge in [0.15, 0.2) is 10.8 Å². The molecule has 0 spiro atoms. The Balaban J connectivity index is 2.28. The first-order valence-corrected chi connectivity index (χ1v) is 8.59. The fourth-order valence-electron chi connectivity index (χ4n) is 2.49. The van der Waals surface area contributed by atoms with Crippen LogP contribution in [0.4, 0.5) is 5.82 Å². The number of hydrogen-bond acceptors (Lipinski definition) is 4. The Morgan fingerprint density at radius 3 is 2.60 bits per heavy atom. The van der Waals surface area contributed by atoms with Crippen molar-refractivity contribution >= 4 is 22.1 Å². The summed E-state index contributed by atoms with van der Waals surface area (Å²) in [5.41, 5.74) is 1.30. The van der Waals surface area contributed by atoms with Crippen molar-refractivity contribution in [2.75, 3.05) is 24.5 Å². The van der Waals surface area contributed by atoms with Gasteiger partial charge < -0.3 is 10.2 Å². The molecule has 0 aromatic carbocycles. The van der Waals surface area contributed by atoms with E-state index in [1.165, 1.54) is 11.5 Å². The molecule has 4 nitrogen and oxygen atoms in total. The van der Waals surface area contributed by atoms with Gasteiger partial charge in [-0.3, -0.25) is 4.40 Å². The molecule has 0 atom stereocenters. The summed E-state index contributed by atoms with van der Waals surface area (Å²) in [6, 6.07) is 0. The van der Waals surface area contributed by atoms with E-state index in [0.717, 1.165) is 50.4 Å². The standard InChI is InChI=1S/C15H26N4S/c1-4-7-16-12-13-14(18(8-5-2)9-6-3)17-15-19(13)10-11-20-15/h10-11,16H,4-9,12H2,1-3H3. The summed E-state index contributed by atoms with van der Waals surface area (Å²) in [5.74, 6) is 1.17. The molecule has 112 valence electrons. The fraction of sp³-hybridized carbons (Fsp3) is 0.667. The molecule has 2 rings (SSSR count). The number of aromatic nitrogens is 2. The lowest BCUT2D eigenvalue weighted by Crippen LogP contribution is -2.27. The molecule has 1 N–H and O–H groups in total. The maximum Gasteiger partial charge on any atom is 0.195 e. The number of imidazole rings is 1. The number of rotatable bonds is 9. The molecule has 0 fully saturated rings. The van der Waals surface area contributed by atoms with E-state index in [9.17, 15) is 0 Å². The van der Waals surface area contributed by atoms with E-state index in [1.54, 1.807) is 11.3 Å². The maximum atomic E-state index is 4.86. The van der Waals surface area contributed by atoms with Crippen molar-refractivity contribution in [2.24, 2.45) is 0 Å². The molecule has 5 heteroatoms. The molecule has 0 aliphatic heterocycles. The van der Waals surface area contributed by atoms with Crippen molar-refractivity contribution < 1.29 is 0 Å². The molecular weight excluding hydrogens is 268 g/mol. The van der Waals surface area contributed by atoms with E-state index in [2.05, 4.69) is 47.0 Å². The largest absolute Gasteiger partial charge is 0.355 e.